The van der Waals surface area contributed by atoms with E-state index in [0.717, 1.165) is 0 Å². The van der Waals surface area contributed by atoms with Crippen LogP contribution in [-0.4, -0.2) is 34.0 Å². The largest absolute Gasteiger partial charge is 0.329 e. The zero-order chi connectivity index (χ0) is 10.4. The SMILES string of the molecule is C[NH+](C)C1(c2cccs2)CS(=O)(=O)C1. The van der Waals surface area contributed by atoms with Crippen molar-refractivity contribution in [3.63, 3.8) is 0 Å². The van der Waals surface area contributed by atoms with E-state index in [4.69, 9.17) is 0 Å². The van der Waals surface area contributed by atoms with Crippen molar-refractivity contribution in [2.75, 3.05) is 25.6 Å². The number of hydrogen-bond donors (Lipinski definition) is 1. The lowest BCUT2D eigenvalue weighted by Gasteiger charge is -2.42. The highest BCUT2D eigenvalue weighted by atomic mass is 32.2. The summed E-state index contributed by atoms with van der Waals surface area (Å²) in [6.07, 6.45) is 0. The average molecular weight is 232 g/mol. The van der Waals surface area contributed by atoms with Gasteiger partial charge in [0.05, 0.1) is 19.0 Å². The fourth-order valence-corrected chi connectivity index (χ4v) is 5.46. The molecule has 1 aliphatic rings. The van der Waals surface area contributed by atoms with Gasteiger partial charge < -0.3 is 4.90 Å². The predicted molar refractivity (Wildman–Crippen MR) is 57.5 cm³/mol. The second-order valence-electron chi connectivity index (χ2n) is 4.09. The number of quaternary nitrogens is 1. The Morgan fingerprint density at radius 1 is 1.43 bits per heavy atom. The maximum Gasteiger partial charge on any atom is 0.163 e. The van der Waals surface area contributed by atoms with Crippen LogP contribution in [-0.2, 0) is 15.4 Å². The molecule has 1 aromatic heterocycles. The third-order valence-corrected chi connectivity index (χ3v) is 5.82. The lowest BCUT2D eigenvalue weighted by atomic mass is 10.0. The molecule has 1 fully saturated rings. The van der Waals surface area contributed by atoms with Gasteiger partial charge in [-0.3, -0.25) is 0 Å². The summed E-state index contributed by atoms with van der Waals surface area (Å²) < 4.78 is 22.6. The van der Waals surface area contributed by atoms with Crippen LogP contribution in [0.3, 0.4) is 0 Å². The maximum atomic E-state index is 11.3. The van der Waals surface area contributed by atoms with Gasteiger partial charge in [0.1, 0.15) is 11.5 Å². The van der Waals surface area contributed by atoms with Gasteiger partial charge in [-0.1, -0.05) is 6.07 Å². The molecule has 0 amide bonds. The smallest absolute Gasteiger partial charge is 0.163 e. The van der Waals surface area contributed by atoms with E-state index >= 15 is 0 Å². The molecule has 78 valence electrons. The highest BCUT2D eigenvalue weighted by Crippen LogP contribution is 2.33. The fourth-order valence-electron chi connectivity index (χ4n) is 1.94. The average Bonchev–Trinajstić information content (AvgIpc) is 2.50. The quantitative estimate of drug-likeness (QED) is 0.748. The van der Waals surface area contributed by atoms with Crippen molar-refractivity contribution in [1.29, 1.82) is 0 Å². The summed E-state index contributed by atoms with van der Waals surface area (Å²) in [6.45, 7) is 0. The summed E-state index contributed by atoms with van der Waals surface area (Å²) in [5.41, 5.74) is -0.174. The molecule has 1 N–H and O–H groups in total. The van der Waals surface area contributed by atoms with Crippen LogP contribution in [0, 0.1) is 0 Å². The lowest BCUT2D eigenvalue weighted by molar-refractivity contribution is -0.919. The van der Waals surface area contributed by atoms with Gasteiger partial charge >= 0.3 is 0 Å². The maximum absolute atomic E-state index is 11.3. The van der Waals surface area contributed by atoms with Gasteiger partial charge in [-0.2, -0.15) is 0 Å². The molecule has 0 aromatic carbocycles. The van der Waals surface area contributed by atoms with Crippen LogP contribution in [0.15, 0.2) is 17.5 Å². The van der Waals surface area contributed by atoms with E-state index in [0.29, 0.717) is 11.5 Å². The summed E-state index contributed by atoms with van der Waals surface area (Å²) in [4.78, 5) is 2.39. The first-order valence-electron chi connectivity index (χ1n) is 4.51. The molecule has 0 radical (unpaired) electrons. The molecule has 2 rings (SSSR count). The van der Waals surface area contributed by atoms with Crippen LogP contribution in [0.1, 0.15) is 4.88 Å². The highest BCUT2D eigenvalue weighted by molar-refractivity contribution is 7.93. The molecule has 1 aliphatic heterocycles. The van der Waals surface area contributed by atoms with E-state index < -0.39 is 9.84 Å². The Labute approximate surface area is 88.3 Å². The number of thiophene rings is 1. The summed E-state index contributed by atoms with van der Waals surface area (Å²) in [5, 5.41) is 2.00. The Hall–Kier alpha value is -0.390. The van der Waals surface area contributed by atoms with Crippen LogP contribution < -0.4 is 4.90 Å². The number of hydrogen-bond acceptors (Lipinski definition) is 3. The molecule has 2 heterocycles. The third kappa shape index (κ3) is 1.39. The topological polar surface area (TPSA) is 38.6 Å². The van der Waals surface area contributed by atoms with Crippen LogP contribution >= 0.6 is 11.3 Å². The molecule has 5 heteroatoms. The van der Waals surface area contributed by atoms with Crippen LogP contribution in [0.2, 0.25) is 0 Å². The first-order valence-corrected chi connectivity index (χ1v) is 7.21. The van der Waals surface area contributed by atoms with E-state index in [2.05, 4.69) is 0 Å². The molecule has 0 unspecified atom stereocenters. The summed E-state index contributed by atoms with van der Waals surface area (Å²) in [6, 6.07) is 4.02. The minimum absolute atomic E-state index is 0.174. The lowest BCUT2D eigenvalue weighted by Crippen LogP contribution is -3.17. The second kappa shape index (κ2) is 3.05. The minimum Gasteiger partial charge on any atom is -0.329 e. The van der Waals surface area contributed by atoms with E-state index in [1.807, 2.05) is 31.6 Å². The standard InChI is InChI=1S/C9H13NO2S2/c1-10(2)9(6-14(11,12)7-9)8-4-3-5-13-8/h3-5H,6-7H2,1-2H3/p+1. The van der Waals surface area contributed by atoms with E-state index in [1.54, 1.807) is 11.3 Å². The minimum atomic E-state index is -2.77. The summed E-state index contributed by atoms with van der Waals surface area (Å²) in [5.74, 6) is 0.589. The van der Waals surface area contributed by atoms with E-state index in [1.165, 1.54) is 9.78 Å². The molecule has 3 nitrogen and oxygen atoms in total. The Bertz CT molecular complexity index is 408. The normalized spacial score (nSPS) is 23.4. The fraction of sp³-hybridized carbons (Fsp3) is 0.556. The van der Waals surface area contributed by atoms with Gasteiger partial charge in [-0.05, 0) is 11.4 Å². The van der Waals surface area contributed by atoms with Crippen molar-refractivity contribution in [3.05, 3.63) is 22.4 Å². The molecule has 0 atom stereocenters. The number of rotatable bonds is 2. The van der Waals surface area contributed by atoms with Gasteiger partial charge in [-0.25, -0.2) is 8.42 Å². The van der Waals surface area contributed by atoms with Gasteiger partial charge in [-0.15, -0.1) is 11.3 Å². The predicted octanol–water partition coefficient (Wildman–Crippen LogP) is -0.484. The van der Waals surface area contributed by atoms with Crippen molar-refractivity contribution >= 4 is 21.2 Å². The second-order valence-corrected chi connectivity index (χ2v) is 7.10. The zero-order valence-corrected chi connectivity index (χ0v) is 9.91. The molecular formula is C9H14NO2S2+. The zero-order valence-electron chi connectivity index (χ0n) is 8.28. The third-order valence-electron chi connectivity index (χ3n) is 2.88. The Morgan fingerprint density at radius 2 is 2.07 bits per heavy atom. The van der Waals surface area contributed by atoms with Crippen molar-refractivity contribution in [1.82, 2.24) is 0 Å². The summed E-state index contributed by atoms with van der Waals surface area (Å²) in [7, 11) is 1.27. The Balaban J connectivity index is 2.37. The van der Waals surface area contributed by atoms with Crippen molar-refractivity contribution < 1.29 is 13.3 Å². The molecule has 0 bridgehead atoms. The van der Waals surface area contributed by atoms with Crippen molar-refractivity contribution in [2.24, 2.45) is 0 Å². The van der Waals surface area contributed by atoms with E-state index in [-0.39, 0.29) is 5.54 Å². The van der Waals surface area contributed by atoms with Crippen LogP contribution in [0.25, 0.3) is 0 Å². The Morgan fingerprint density at radius 3 is 2.43 bits per heavy atom. The van der Waals surface area contributed by atoms with Crippen molar-refractivity contribution in [3.8, 4) is 0 Å². The molecular weight excluding hydrogens is 218 g/mol. The van der Waals surface area contributed by atoms with E-state index in [9.17, 15) is 8.42 Å². The monoisotopic (exact) mass is 232 g/mol. The van der Waals surface area contributed by atoms with Gasteiger partial charge in [0.15, 0.2) is 15.4 Å². The molecule has 0 aliphatic carbocycles. The summed E-state index contributed by atoms with van der Waals surface area (Å²) >= 11 is 1.65. The first kappa shape index (κ1) is 10.1. The molecule has 0 spiro atoms. The van der Waals surface area contributed by atoms with Gasteiger partial charge in [0.2, 0.25) is 0 Å². The van der Waals surface area contributed by atoms with Crippen LogP contribution in [0.5, 0.6) is 0 Å². The highest BCUT2D eigenvalue weighted by Gasteiger charge is 2.56. The molecule has 1 saturated heterocycles. The number of sulfone groups is 1. The van der Waals surface area contributed by atoms with Crippen molar-refractivity contribution in [2.45, 2.75) is 5.54 Å². The number of nitrogens with one attached hydrogen (secondary N) is 1. The Kier molecular flexibility index (Phi) is 2.21. The van der Waals surface area contributed by atoms with Gasteiger partial charge in [0, 0.05) is 0 Å². The molecule has 0 saturated carbocycles. The molecule has 14 heavy (non-hydrogen) atoms. The first-order chi connectivity index (χ1) is 6.46. The van der Waals surface area contributed by atoms with Gasteiger partial charge in [0.25, 0.3) is 0 Å². The molecule has 1 aromatic rings. The van der Waals surface area contributed by atoms with Crippen LogP contribution in [0.4, 0.5) is 0 Å².